The van der Waals surface area contributed by atoms with E-state index in [1.807, 2.05) is 19.9 Å². The Morgan fingerprint density at radius 2 is 1.75 bits per heavy atom. The zero-order chi connectivity index (χ0) is 17.3. The molecule has 3 aromatic rings. The van der Waals surface area contributed by atoms with Crippen LogP contribution in [-0.2, 0) is 0 Å². The Balaban J connectivity index is 1.79. The average Bonchev–Trinajstić information content (AvgIpc) is 2.97. The van der Waals surface area contributed by atoms with E-state index >= 15 is 0 Å². The number of nitrogens with zero attached hydrogens (tertiary/aromatic N) is 3. The quantitative estimate of drug-likeness (QED) is 0.659. The first-order chi connectivity index (χ1) is 11.5. The summed E-state index contributed by atoms with van der Waals surface area (Å²) in [6.45, 7) is 3.72. The largest absolute Gasteiger partial charge is 0.275 e. The van der Waals surface area contributed by atoms with Crippen molar-refractivity contribution in [1.82, 2.24) is 25.4 Å². The lowest BCUT2D eigenvalue weighted by atomic mass is 10.2. The second-order valence-corrected chi connectivity index (χ2v) is 6.07. The van der Waals surface area contributed by atoms with Crippen LogP contribution in [0.1, 0.15) is 32.1 Å². The van der Waals surface area contributed by atoms with E-state index in [1.54, 1.807) is 28.8 Å². The van der Waals surface area contributed by atoms with Gasteiger partial charge in [-0.1, -0.05) is 12.1 Å². The Bertz CT molecular complexity index is 951. The van der Waals surface area contributed by atoms with Gasteiger partial charge in [0.2, 0.25) is 0 Å². The van der Waals surface area contributed by atoms with Crippen LogP contribution >= 0.6 is 15.9 Å². The molecule has 0 aliphatic heterocycles. The van der Waals surface area contributed by atoms with Gasteiger partial charge in [0.05, 0.1) is 11.8 Å². The molecule has 0 saturated carbocycles. The minimum absolute atomic E-state index is 0.286. The van der Waals surface area contributed by atoms with E-state index in [0.29, 0.717) is 15.7 Å². The fraction of sp³-hybridized carbons (Fsp3) is 0.125. The van der Waals surface area contributed by atoms with Crippen molar-refractivity contribution in [2.75, 3.05) is 0 Å². The second-order valence-electron chi connectivity index (χ2n) is 5.22. The van der Waals surface area contributed by atoms with Crippen molar-refractivity contribution < 1.29 is 9.59 Å². The maximum Gasteiger partial charge on any atom is 0.275 e. The number of hydrogen-bond acceptors (Lipinski definition) is 4. The Morgan fingerprint density at radius 1 is 1.08 bits per heavy atom. The number of aromatic nitrogens is 3. The van der Waals surface area contributed by atoms with Crippen molar-refractivity contribution in [3.8, 4) is 0 Å². The molecule has 0 unspecified atom stereocenters. The first kappa shape index (κ1) is 16.1. The molecule has 2 amide bonds. The van der Waals surface area contributed by atoms with Crippen LogP contribution in [0.3, 0.4) is 0 Å². The third kappa shape index (κ3) is 3.00. The first-order valence-corrected chi connectivity index (χ1v) is 7.94. The number of aryl methyl sites for hydroxylation is 2. The molecule has 8 heteroatoms. The number of hydrogen-bond donors (Lipinski definition) is 2. The normalized spacial score (nSPS) is 10.6. The molecule has 122 valence electrons. The molecule has 0 aliphatic rings. The van der Waals surface area contributed by atoms with Gasteiger partial charge in [-0.25, -0.2) is 9.50 Å². The van der Waals surface area contributed by atoms with Gasteiger partial charge in [-0.05, 0) is 48.0 Å². The summed E-state index contributed by atoms with van der Waals surface area (Å²) in [5.74, 6) is -0.907. The van der Waals surface area contributed by atoms with Gasteiger partial charge >= 0.3 is 0 Å². The van der Waals surface area contributed by atoms with Crippen LogP contribution in [0.5, 0.6) is 0 Å². The molecule has 24 heavy (non-hydrogen) atoms. The van der Waals surface area contributed by atoms with E-state index < -0.39 is 11.8 Å². The van der Waals surface area contributed by atoms with Gasteiger partial charge < -0.3 is 0 Å². The molecule has 2 aromatic heterocycles. The average molecular weight is 388 g/mol. The zero-order valence-corrected chi connectivity index (χ0v) is 14.6. The van der Waals surface area contributed by atoms with Gasteiger partial charge in [-0.15, -0.1) is 0 Å². The summed E-state index contributed by atoms with van der Waals surface area (Å²) in [5, 5.41) is 4.15. The van der Waals surface area contributed by atoms with Crippen molar-refractivity contribution in [1.29, 1.82) is 0 Å². The summed E-state index contributed by atoms with van der Waals surface area (Å²) in [4.78, 5) is 28.8. The third-order valence-electron chi connectivity index (χ3n) is 3.43. The zero-order valence-electron chi connectivity index (χ0n) is 13.0. The van der Waals surface area contributed by atoms with E-state index in [9.17, 15) is 9.59 Å². The Hall–Kier alpha value is -2.74. The number of amides is 2. The molecule has 1 aromatic carbocycles. The van der Waals surface area contributed by atoms with Gasteiger partial charge in [0.25, 0.3) is 11.8 Å². The number of carbonyl (C=O) groups excluding carboxylic acids is 2. The number of carbonyl (C=O) groups is 2. The summed E-state index contributed by atoms with van der Waals surface area (Å²) >= 11 is 3.29. The molecular weight excluding hydrogens is 374 g/mol. The lowest BCUT2D eigenvalue weighted by Crippen LogP contribution is -2.41. The highest BCUT2D eigenvalue weighted by atomic mass is 79.9. The van der Waals surface area contributed by atoms with Crippen molar-refractivity contribution in [3.05, 3.63) is 63.5 Å². The van der Waals surface area contributed by atoms with Gasteiger partial charge in [-0.3, -0.25) is 20.4 Å². The standard InChI is InChI=1S/C16H14BrN5O2/c1-9-7-10(2)22-14(19-9)12(8-18-22)16(24)21-20-15(23)11-5-3-4-6-13(11)17/h3-8H,1-2H3,(H,20,23)(H,21,24). The summed E-state index contributed by atoms with van der Waals surface area (Å²) in [6.07, 6.45) is 1.43. The van der Waals surface area contributed by atoms with E-state index in [4.69, 9.17) is 0 Å². The Kier molecular flexibility index (Phi) is 4.30. The molecule has 0 fully saturated rings. The number of fused-ring (bicyclic) bond motifs is 1. The topological polar surface area (TPSA) is 88.4 Å². The van der Waals surface area contributed by atoms with E-state index in [0.717, 1.165) is 11.4 Å². The van der Waals surface area contributed by atoms with Gasteiger partial charge in [0, 0.05) is 15.9 Å². The minimum atomic E-state index is -0.483. The fourth-order valence-electron chi connectivity index (χ4n) is 2.32. The molecule has 3 rings (SSSR count). The van der Waals surface area contributed by atoms with Crippen LogP contribution in [0.4, 0.5) is 0 Å². The molecule has 0 aliphatic carbocycles. The molecule has 2 N–H and O–H groups in total. The fourth-order valence-corrected chi connectivity index (χ4v) is 2.79. The molecule has 0 radical (unpaired) electrons. The van der Waals surface area contributed by atoms with Crippen LogP contribution in [0, 0.1) is 13.8 Å². The van der Waals surface area contributed by atoms with Crippen LogP contribution in [0.25, 0.3) is 5.65 Å². The predicted molar refractivity (Wildman–Crippen MR) is 91.5 cm³/mol. The molecular formula is C16H14BrN5O2. The lowest BCUT2D eigenvalue weighted by Gasteiger charge is -2.08. The van der Waals surface area contributed by atoms with E-state index in [-0.39, 0.29) is 5.56 Å². The number of benzene rings is 1. The highest BCUT2D eigenvalue weighted by Gasteiger charge is 2.17. The number of nitrogens with one attached hydrogen (secondary N) is 2. The lowest BCUT2D eigenvalue weighted by molar-refractivity contribution is 0.0847. The van der Waals surface area contributed by atoms with Crippen molar-refractivity contribution >= 4 is 33.4 Å². The number of rotatable bonds is 2. The summed E-state index contributed by atoms with van der Waals surface area (Å²) in [7, 11) is 0. The van der Waals surface area contributed by atoms with Crippen LogP contribution in [-0.4, -0.2) is 26.4 Å². The molecule has 2 heterocycles. The van der Waals surface area contributed by atoms with Gasteiger partial charge in [-0.2, -0.15) is 5.10 Å². The summed E-state index contributed by atoms with van der Waals surface area (Å²) in [6, 6.07) is 8.81. The number of hydrazine groups is 1. The van der Waals surface area contributed by atoms with E-state index in [1.165, 1.54) is 6.20 Å². The number of halogens is 1. The van der Waals surface area contributed by atoms with E-state index in [2.05, 4.69) is 36.9 Å². The smallest absolute Gasteiger partial charge is 0.267 e. The van der Waals surface area contributed by atoms with Crippen molar-refractivity contribution in [2.45, 2.75) is 13.8 Å². The Labute approximate surface area is 146 Å². The minimum Gasteiger partial charge on any atom is -0.267 e. The highest BCUT2D eigenvalue weighted by Crippen LogP contribution is 2.15. The highest BCUT2D eigenvalue weighted by molar-refractivity contribution is 9.10. The summed E-state index contributed by atoms with van der Waals surface area (Å²) < 4.78 is 2.22. The predicted octanol–water partition coefficient (Wildman–Crippen LogP) is 2.18. The molecule has 0 saturated heterocycles. The van der Waals surface area contributed by atoms with Crippen molar-refractivity contribution in [2.24, 2.45) is 0 Å². The summed E-state index contributed by atoms with van der Waals surface area (Å²) in [5.41, 5.74) is 7.58. The molecule has 0 bridgehead atoms. The molecule has 7 nitrogen and oxygen atoms in total. The van der Waals surface area contributed by atoms with Crippen LogP contribution < -0.4 is 10.9 Å². The molecule has 0 spiro atoms. The monoisotopic (exact) mass is 387 g/mol. The maximum atomic E-state index is 12.3. The second kappa shape index (κ2) is 6.40. The third-order valence-corrected chi connectivity index (χ3v) is 4.12. The van der Waals surface area contributed by atoms with Gasteiger partial charge in [0.1, 0.15) is 5.56 Å². The van der Waals surface area contributed by atoms with Crippen molar-refractivity contribution in [3.63, 3.8) is 0 Å². The molecule has 0 atom stereocenters. The Morgan fingerprint density at radius 3 is 2.46 bits per heavy atom. The van der Waals surface area contributed by atoms with Gasteiger partial charge in [0.15, 0.2) is 5.65 Å². The maximum absolute atomic E-state index is 12.3. The van der Waals surface area contributed by atoms with Crippen LogP contribution in [0.2, 0.25) is 0 Å². The SMILES string of the molecule is Cc1cc(C)n2ncc(C(=O)NNC(=O)c3ccccc3Br)c2n1. The van der Waals surface area contributed by atoms with Crippen LogP contribution in [0.15, 0.2) is 41.0 Å². The first-order valence-electron chi connectivity index (χ1n) is 7.14.